The van der Waals surface area contributed by atoms with Crippen molar-refractivity contribution in [3.63, 3.8) is 0 Å². The summed E-state index contributed by atoms with van der Waals surface area (Å²) in [4.78, 5) is 15.4. The number of thiophene rings is 1. The Morgan fingerprint density at radius 2 is 0.912 bits per heavy atom. The van der Waals surface area contributed by atoms with Crippen LogP contribution in [0.1, 0.15) is 0 Å². The van der Waals surface area contributed by atoms with E-state index in [1.165, 1.54) is 63.8 Å². The van der Waals surface area contributed by atoms with Gasteiger partial charge >= 0.3 is 0 Å². The van der Waals surface area contributed by atoms with Crippen molar-refractivity contribution in [1.82, 2.24) is 23.9 Å². The Kier molecular flexibility index (Phi) is 6.26. The summed E-state index contributed by atoms with van der Waals surface area (Å²) in [6.45, 7) is 0. The van der Waals surface area contributed by atoms with Crippen LogP contribution in [0.5, 0.6) is 0 Å². The topological polar surface area (TPSA) is 48.0 Å². The summed E-state index contributed by atoms with van der Waals surface area (Å²) in [6, 6.07) is 62.7. The molecule has 264 valence electrons. The van der Waals surface area contributed by atoms with Crippen LogP contribution in [0.4, 0.5) is 0 Å². The zero-order valence-corrected chi connectivity index (χ0v) is 31.2. The molecule has 8 aromatic carbocycles. The molecule has 5 nitrogen and oxygen atoms in total. The lowest BCUT2D eigenvalue weighted by Gasteiger charge is -2.14. The minimum absolute atomic E-state index is 0.626. The highest BCUT2D eigenvalue weighted by Gasteiger charge is 2.26. The lowest BCUT2D eigenvalue weighted by molar-refractivity contribution is 1.07. The number of fused-ring (bicyclic) bond motifs is 4. The van der Waals surface area contributed by atoms with Gasteiger partial charge in [0, 0.05) is 64.1 Å². The Labute approximate surface area is 330 Å². The zero-order valence-electron chi connectivity index (χ0n) is 30.4. The summed E-state index contributed by atoms with van der Waals surface area (Å²) in [5, 5.41) is 7.83. The highest BCUT2D eigenvalue weighted by atomic mass is 32.1. The average Bonchev–Trinajstić information content (AvgIpc) is 3.91. The minimum Gasteiger partial charge on any atom is -0.309 e. The molecule has 0 aliphatic carbocycles. The molecule has 0 aliphatic rings. The number of para-hydroxylation sites is 1. The van der Waals surface area contributed by atoms with E-state index in [1.54, 1.807) is 0 Å². The van der Waals surface area contributed by atoms with Crippen molar-refractivity contribution < 1.29 is 0 Å². The smallest absolute Gasteiger partial charge is 0.164 e. The van der Waals surface area contributed by atoms with Gasteiger partial charge in [0.05, 0.1) is 27.6 Å². The Morgan fingerprint density at radius 1 is 0.351 bits per heavy atom. The molecule has 0 aliphatic heterocycles. The average molecular weight is 744 g/mol. The number of benzene rings is 8. The lowest BCUT2D eigenvalue weighted by atomic mass is 10.0. The van der Waals surface area contributed by atoms with Crippen LogP contribution in [-0.2, 0) is 0 Å². The molecule has 0 bridgehead atoms. The van der Waals surface area contributed by atoms with Crippen molar-refractivity contribution in [3.8, 4) is 51.0 Å². The van der Waals surface area contributed by atoms with Crippen molar-refractivity contribution in [2.24, 2.45) is 0 Å². The van der Waals surface area contributed by atoms with Crippen LogP contribution < -0.4 is 0 Å². The van der Waals surface area contributed by atoms with Crippen LogP contribution in [0.2, 0.25) is 0 Å². The molecule has 0 atom stereocenters. The Balaban J connectivity index is 1.16. The minimum atomic E-state index is 0.626. The molecule has 0 saturated carbocycles. The fourth-order valence-electron chi connectivity index (χ4n) is 9.25. The van der Waals surface area contributed by atoms with Gasteiger partial charge in [0.2, 0.25) is 0 Å². The third-order valence-electron chi connectivity index (χ3n) is 11.6. The Hall–Kier alpha value is -7.41. The maximum atomic E-state index is 5.18. The van der Waals surface area contributed by atoms with E-state index in [2.05, 4.69) is 148 Å². The molecule has 6 heteroatoms. The SMILES string of the molecule is c1ccc(-c2cc(-c3nc(-c4ccccc4)nc(-c4ccccc4)n3)cc(-n3c4ccc5sc6ccc7c8ccccc8n8c9cccc3c9c4c5c6c78)c2)cc1. The predicted molar refractivity (Wildman–Crippen MR) is 237 cm³/mol. The Morgan fingerprint density at radius 3 is 1.65 bits per heavy atom. The lowest BCUT2D eigenvalue weighted by Crippen LogP contribution is -2.02. The van der Waals surface area contributed by atoms with Crippen molar-refractivity contribution in [2.45, 2.75) is 0 Å². The van der Waals surface area contributed by atoms with Gasteiger partial charge in [-0.25, -0.2) is 15.0 Å². The molecular formula is C51H29N5S. The van der Waals surface area contributed by atoms with Crippen LogP contribution in [0.15, 0.2) is 176 Å². The number of rotatable bonds is 5. The summed E-state index contributed by atoms with van der Waals surface area (Å²) in [5.41, 5.74) is 12.2. The van der Waals surface area contributed by atoms with Crippen molar-refractivity contribution >= 4 is 80.6 Å². The van der Waals surface area contributed by atoms with Crippen LogP contribution in [-0.4, -0.2) is 23.9 Å². The summed E-state index contributed by atoms with van der Waals surface area (Å²) in [5.74, 6) is 1.91. The summed E-state index contributed by atoms with van der Waals surface area (Å²) in [7, 11) is 0. The van der Waals surface area contributed by atoms with Crippen LogP contribution in [0, 0.1) is 0 Å². The second-order valence-corrected chi connectivity index (χ2v) is 15.9. The first-order chi connectivity index (χ1) is 28.3. The molecule has 0 saturated heterocycles. The van der Waals surface area contributed by atoms with E-state index in [0.29, 0.717) is 17.5 Å². The van der Waals surface area contributed by atoms with Gasteiger partial charge in [0.1, 0.15) is 0 Å². The predicted octanol–water partition coefficient (Wildman–Crippen LogP) is 13.4. The van der Waals surface area contributed by atoms with E-state index in [1.807, 2.05) is 47.7 Å². The largest absolute Gasteiger partial charge is 0.309 e. The molecule has 0 amide bonds. The van der Waals surface area contributed by atoms with Gasteiger partial charge in [-0.05, 0) is 65.7 Å². The number of hydrogen-bond acceptors (Lipinski definition) is 4. The molecule has 0 fully saturated rings. The first-order valence-electron chi connectivity index (χ1n) is 19.2. The quantitative estimate of drug-likeness (QED) is 0.176. The van der Waals surface area contributed by atoms with E-state index in [0.717, 1.165) is 39.0 Å². The maximum absolute atomic E-state index is 5.18. The number of aromatic nitrogens is 5. The molecule has 0 N–H and O–H groups in total. The van der Waals surface area contributed by atoms with E-state index in [9.17, 15) is 0 Å². The molecule has 13 aromatic rings. The van der Waals surface area contributed by atoms with Crippen LogP contribution in [0.25, 0.3) is 120 Å². The van der Waals surface area contributed by atoms with Gasteiger partial charge in [-0.2, -0.15) is 0 Å². The van der Waals surface area contributed by atoms with Gasteiger partial charge in [-0.3, -0.25) is 0 Å². The third kappa shape index (κ3) is 4.36. The fraction of sp³-hybridized carbons (Fsp3) is 0. The fourth-order valence-corrected chi connectivity index (χ4v) is 10.4. The highest BCUT2D eigenvalue weighted by Crippen LogP contribution is 2.50. The molecule has 5 aromatic heterocycles. The normalized spacial score (nSPS) is 12.2. The van der Waals surface area contributed by atoms with Crippen LogP contribution >= 0.6 is 11.3 Å². The van der Waals surface area contributed by atoms with Gasteiger partial charge in [-0.15, -0.1) is 11.3 Å². The maximum Gasteiger partial charge on any atom is 0.164 e. The first-order valence-corrected chi connectivity index (χ1v) is 20.0. The number of nitrogens with zero attached hydrogens (tertiary/aromatic N) is 5. The molecule has 13 rings (SSSR count). The van der Waals surface area contributed by atoms with Crippen LogP contribution in [0.3, 0.4) is 0 Å². The molecule has 0 spiro atoms. The first kappa shape index (κ1) is 30.9. The molecule has 5 heterocycles. The summed E-state index contributed by atoms with van der Waals surface area (Å²) >= 11 is 1.89. The van der Waals surface area contributed by atoms with Crippen molar-refractivity contribution in [1.29, 1.82) is 0 Å². The van der Waals surface area contributed by atoms with E-state index >= 15 is 0 Å². The third-order valence-corrected chi connectivity index (χ3v) is 12.8. The van der Waals surface area contributed by atoms with Crippen molar-refractivity contribution in [2.75, 3.05) is 0 Å². The molecule has 0 unspecified atom stereocenters. The standard InChI is InChI=1S/C51H29N5S/c1-4-13-30(14-5-1)33-27-34(51-53-49(31-15-6-2-7-16-31)52-50(54-51)32-17-8-3-9-18-32)29-35(28-33)55-39-21-12-22-40-44(39)45-41(55)24-26-42-46(45)47-43(57-42)25-23-37-36-19-10-11-20-38(36)56(40)48(37)47/h1-29H. The summed E-state index contributed by atoms with van der Waals surface area (Å²) in [6.07, 6.45) is 0. The summed E-state index contributed by atoms with van der Waals surface area (Å²) < 4.78 is 7.61. The Bertz CT molecular complexity index is 3620. The van der Waals surface area contributed by atoms with Gasteiger partial charge in [-0.1, -0.05) is 121 Å². The second-order valence-electron chi connectivity index (χ2n) is 14.8. The van der Waals surface area contributed by atoms with E-state index in [4.69, 9.17) is 15.0 Å². The second kappa shape index (κ2) is 11.6. The monoisotopic (exact) mass is 743 g/mol. The van der Waals surface area contributed by atoms with E-state index in [-0.39, 0.29) is 0 Å². The van der Waals surface area contributed by atoms with Gasteiger partial charge < -0.3 is 8.97 Å². The molecule has 57 heavy (non-hydrogen) atoms. The van der Waals surface area contributed by atoms with E-state index < -0.39 is 0 Å². The highest BCUT2D eigenvalue weighted by molar-refractivity contribution is 7.26. The number of hydrogen-bond donors (Lipinski definition) is 0. The van der Waals surface area contributed by atoms with Crippen molar-refractivity contribution in [3.05, 3.63) is 176 Å². The van der Waals surface area contributed by atoms with Gasteiger partial charge in [0.25, 0.3) is 0 Å². The molecular weight excluding hydrogens is 715 g/mol. The van der Waals surface area contributed by atoms with Gasteiger partial charge in [0.15, 0.2) is 17.5 Å². The molecule has 0 radical (unpaired) electrons. The zero-order chi connectivity index (χ0) is 37.2.